The van der Waals surface area contributed by atoms with Crippen molar-refractivity contribution in [3.05, 3.63) is 87.7 Å². The molecule has 0 N–H and O–H groups in total. The summed E-state index contributed by atoms with van der Waals surface area (Å²) in [5.74, 6) is 1.68. The highest BCUT2D eigenvalue weighted by atomic mass is 35.5. The Morgan fingerprint density at radius 3 is 2.43 bits per heavy atom. The van der Waals surface area contributed by atoms with Crippen LogP contribution in [0.25, 0.3) is 0 Å². The van der Waals surface area contributed by atoms with Crippen molar-refractivity contribution in [2.75, 3.05) is 32.8 Å². The molecule has 0 atom stereocenters. The van der Waals surface area contributed by atoms with E-state index in [1.54, 1.807) is 29.4 Å². The molecule has 0 unspecified atom stereocenters. The maximum Gasteiger partial charge on any atom is 0.329 e. The molecule has 1 saturated heterocycles. The van der Waals surface area contributed by atoms with Gasteiger partial charge in [-0.15, -0.1) is 0 Å². The standard InChI is InChI=1S/C23H30NO2.C15H16Cl3N3O2/c25-21-17-23(20-11-5-4-10-19(20)21)13-15-24(16-14-23)22(26)12-6-9-18-7-2-1-3-8-18;1-2-4-20(15(22)21-5-3-19-10-21)6-7-23-14-12(17)8-11(16)9-13(14)18/h4-5,10-12,18H,1-3,6-9,13-17H2;3,5,8-10H,2,4,6-7H2,1H3. The molecule has 8 nitrogen and oxygen atoms in total. The monoisotopic (exact) mass is 727 g/mol. The number of amides is 2. The molecular formula is C38H46Cl3N4O4. The number of likely N-dealkylation sites (tertiary alicyclic amines) is 1. The van der Waals surface area contributed by atoms with E-state index in [-0.39, 0.29) is 29.7 Å². The van der Waals surface area contributed by atoms with Crippen LogP contribution in [-0.4, -0.2) is 69.9 Å². The summed E-state index contributed by atoms with van der Waals surface area (Å²) in [6.45, 7) is 4.84. The zero-order chi connectivity index (χ0) is 34.8. The molecule has 1 radical (unpaired) electrons. The number of halogens is 3. The minimum atomic E-state index is -0.152. The number of Topliss-reactive ketones (excluding diaryl/α,β-unsaturated/α-hetero) is 1. The molecule has 0 bridgehead atoms. The van der Waals surface area contributed by atoms with Gasteiger partial charge in [-0.05, 0) is 55.7 Å². The molecule has 1 saturated carbocycles. The van der Waals surface area contributed by atoms with Gasteiger partial charge in [0.25, 0.3) is 0 Å². The van der Waals surface area contributed by atoms with Crippen molar-refractivity contribution in [3.8, 4) is 5.75 Å². The largest absolute Gasteiger partial charge is 0.489 e. The molecule has 49 heavy (non-hydrogen) atoms. The van der Waals surface area contributed by atoms with E-state index in [4.69, 9.17) is 39.5 Å². The summed E-state index contributed by atoms with van der Waals surface area (Å²) in [4.78, 5) is 44.8. The van der Waals surface area contributed by atoms with Gasteiger partial charge in [0.05, 0.1) is 16.6 Å². The number of ether oxygens (including phenoxy) is 1. The highest BCUT2D eigenvalue weighted by Crippen LogP contribution is 2.46. The normalized spacial score (nSPS) is 17.0. The number of carbonyl (C=O) groups is 3. The number of nitrogens with zero attached hydrogens (tertiary/aromatic N) is 4. The number of benzene rings is 2. The first-order valence-electron chi connectivity index (χ1n) is 17.5. The lowest BCUT2D eigenvalue weighted by atomic mass is 9.73. The summed E-state index contributed by atoms with van der Waals surface area (Å²) >= 11 is 18.0. The predicted molar refractivity (Wildman–Crippen MR) is 195 cm³/mol. The van der Waals surface area contributed by atoms with E-state index in [2.05, 4.69) is 11.1 Å². The minimum absolute atomic E-state index is 0.0213. The Hall–Kier alpha value is -3.07. The first-order chi connectivity index (χ1) is 23.7. The van der Waals surface area contributed by atoms with Gasteiger partial charge in [-0.3, -0.25) is 14.2 Å². The molecule has 1 spiro atoms. The van der Waals surface area contributed by atoms with Crippen LogP contribution in [-0.2, 0) is 10.2 Å². The summed E-state index contributed by atoms with van der Waals surface area (Å²) < 4.78 is 7.05. The Bertz CT molecular complexity index is 1540. The molecule has 1 aromatic heterocycles. The molecule has 2 aromatic carbocycles. The smallest absolute Gasteiger partial charge is 0.329 e. The molecule has 3 aromatic rings. The van der Waals surface area contributed by atoms with Crippen LogP contribution in [0.4, 0.5) is 4.79 Å². The number of aromatic nitrogens is 2. The zero-order valence-corrected chi connectivity index (χ0v) is 30.5. The van der Waals surface area contributed by atoms with Gasteiger partial charge in [0.1, 0.15) is 12.9 Å². The molecular weight excluding hydrogens is 683 g/mol. The van der Waals surface area contributed by atoms with Crippen molar-refractivity contribution >= 4 is 52.5 Å². The van der Waals surface area contributed by atoms with Crippen LogP contribution in [0, 0.1) is 12.3 Å². The maximum atomic E-state index is 12.6. The predicted octanol–water partition coefficient (Wildman–Crippen LogP) is 9.30. The first kappa shape index (κ1) is 37.2. The van der Waals surface area contributed by atoms with Gasteiger partial charge in [0.15, 0.2) is 11.5 Å². The lowest BCUT2D eigenvalue weighted by Gasteiger charge is -2.39. The molecule has 2 amide bonds. The second-order valence-corrected chi connectivity index (χ2v) is 14.6. The summed E-state index contributed by atoms with van der Waals surface area (Å²) in [5, 5.41) is 1.12. The average Bonchev–Trinajstić information content (AvgIpc) is 3.73. The van der Waals surface area contributed by atoms with Gasteiger partial charge in [0, 0.05) is 60.9 Å². The van der Waals surface area contributed by atoms with Crippen molar-refractivity contribution in [2.45, 2.75) is 83.0 Å². The van der Waals surface area contributed by atoms with Crippen molar-refractivity contribution in [1.82, 2.24) is 19.4 Å². The van der Waals surface area contributed by atoms with E-state index in [1.807, 2.05) is 36.4 Å². The Morgan fingerprint density at radius 1 is 1.04 bits per heavy atom. The van der Waals surface area contributed by atoms with Crippen LogP contribution in [0.3, 0.4) is 0 Å². The summed E-state index contributed by atoms with van der Waals surface area (Å²) in [5.41, 5.74) is 2.11. The second-order valence-electron chi connectivity index (χ2n) is 13.3. The fourth-order valence-corrected chi connectivity index (χ4v) is 8.29. The lowest BCUT2D eigenvalue weighted by Crippen LogP contribution is -2.44. The molecule has 2 heterocycles. The number of piperidine rings is 1. The lowest BCUT2D eigenvalue weighted by molar-refractivity contribution is -0.129. The van der Waals surface area contributed by atoms with E-state index in [0.29, 0.717) is 40.3 Å². The Morgan fingerprint density at radius 2 is 1.76 bits per heavy atom. The van der Waals surface area contributed by atoms with E-state index in [1.165, 1.54) is 55.0 Å². The van der Waals surface area contributed by atoms with Gasteiger partial charge in [0.2, 0.25) is 5.91 Å². The van der Waals surface area contributed by atoms with E-state index in [9.17, 15) is 14.4 Å². The molecule has 11 heteroatoms. The quantitative estimate of drug-likeness (QED) is 0.208. The number of carbonyl (C=O) groups excluding carboxylic acids is 3. The SMILES string of the molecule is CCCN(CCOc1c(Cl)cc(Cl)cc1Cl)C(=O)n1ccnc1.O=C1CC2(CCN(C(=O)[CH]CCC3CCCCC3)CC2)c2ccccc21. The van der Waals surface area contributed by atoms with Crippen molar-refractivity contribution in [2.24, 2.45) is 5.92 Å². The first-order valence-corrected chi connectivity index (χ1v) is 18.6. The van der Waals surface area contributed by atoms with Crippen molar-refractivity contribution in [1.29, 1.82) is 0 Å². The highest BCUT2D eigenvalue weighted by Gasteiger charge is 2.45. The van der Waals surface area contributed by atoms with Crippen LogP contribution in [0.2, 0.25) is 15.1 Å². The van der Waals surface area contributed by atoms with Gasteiger partial charge in [-0.2, -0.15) is 0 Å². The Labute approximate surface area is 305 Å². The van der Waals surface area contributed by atoms with Crippen molar-refractivity contribution in [3.63, 3.8) is 0 Å². The minimum Gasteiger partial charge on any atom is -0.489 e. The molecule has 6 rings (SSSR count). The van der Waals surface area contributed by atoms with Gasteiger partial charge >= 0.3 is 6.03 Å². The van der Waals surface area contributed by atoms with Crippen LogP contribution in [0.5, 0.6) is 5.75 Å². The van der Waals surface area contributed by atoms with E-state index >= 15 is 0 Å². The topological polar surface area (TPSA) is 84.7 Å². The van der Waals surface area contributed by atoms with Gasteiger partial charge < -0.3 is 14.5 Å². The summed E-state index contributed by atoms with van der Waals surface area (Å²) in [7, 11) is 0. The third-order valence-corrected chi connectivity index (χ3v) is 10.8. The number of fused-ring (bicyclic) bond motifs is 2. The number of ketones is 1. The summed E-state index contributed by atoms with van der Waals surface area (Å²) in [6.07, 6.45) is 18.8. The number of rotatable bonds is 10. The maximum absolute atomic E-state index is 12.6. The highest BCUT2D eigenvalue weighted by molar-refractivity contribution is 6.40. The molecule has 1 aliphatic heterocycles. The fraction of sp³-hybridized carbons (Fsp3) is 0.500. The van der Waals surface area contributed by atoms with Gasteiger partial charge in [-0.25, -0.2) is 9.78 Å². The average molecular weight is 729 g/mol. The fourth-order valence-electron chi connectivity index (χ4n) is 7.37. The van der Waals surface area contributed by atoms with Crippen molar-refractivity contribution < 1.29 is 19.1 Å². The number of hydrogen-bond donors (Lipinski definition) is 0. The Balaban J connectivity index is 0.000000193. The second kappa shape index (κ2) is 17.7. The van der Waals surface area contributed by atoms with Crippen LogP contribution in [0.1, 0.15) is 93.5 Å². The molecule has 2 fully saturated rings. The van der Waals surface area contributed by atoms with Crippen LogP contribution >= 0.6 is 34.8 Å². The summed E-state index contributed by atoms with van der Waals surface area (Å²) in [6, 6.07) is 11.0. The van der Waals surface area contributed by atoms with E-state index in [0.717, 1.165) is 50.3 Å². The zero-order valence-electron chi connectivity index (χ0n) is 28.2. The van der Waals surface area contributed by atoms with Crippen LogP contribution < -0.4 is 4.74 Å². The number of imidazole rings is 1. The van der Waals surface area contributed by atoms with E-state index < -0.39 is 0 Å². The van der Waals surface area contributed by atoms with Gasteiger partial charge in [-0.1, -0.05) is 98.1 Å². The Kier molecular flexibility index (Phi) is 13.5. The third kappa shape index (κ3) is 9.59. The molecule has 2 aliphatic carbocycles. The number of hydrogen-bond acceptors (Lipinski definition) is 5. The van der Waals surface area contributed by atoms with Crippen LogP contribution in [0.15, 0.2) is 55.1 Å². The molecule has 263 valence electrons. The third-order valence-electron chi connectivity index (χ3n) is 10.0. The molecule has 3 aliphatic rings.